The molecule has 2 rings (SSSR count). The van der Waals surface area contributed by atoms with Crippen LogP contribution >= 0.6 is 31.9 Å². The van der Waals surface area contributed by atoms with Gasteiger partial charge in [0.1, 0.15) is 11.6 Å². The number of hydrogen-bond acceptors (Lipinski definition) is 1. The van der Waals surface area contributed by atoms with E-state index in [9.17, 15) is 8.78 Å². The summed E-state index contributed by atoms with van der Waals surface area (Å²) in [4.78, 5) is 0. The molecule has 0 heterocycles. The average molecular weight is 377 g/mol. The van der Waals surface area contributed by atoms with Gasteiger partial charge in [-0.15, -0.1) is 0 Å². The number of benzene rings is 2. The fraction of sp³-hybridized carbons (Fsp3) is 0.0769. The molecule has 0 amide bonds. The Labute approximate surface area is 120 Å². The van der Waals surface area contributed by atoms with Gasteiger partial charge in [0.25, 0.3) is 0 Å². The highest BCUT2D eigenvalue weighted by molar-refractivity contribution is 9.11. The Balaban J connectivity index is 2.14. The van der Waals surface area contributed by atoms with Crippen LogP contribution in [0.2, 0.25) is 0 Å². The number of anilines is 1. The number of halogens is 4. The van der Waals surface area contributed by atoms with E-state index in [-0.39, 0.29) is 11.6 Å². The molecule has 0 fully saturated rings. The predicted octanol–water partition coefficient (Wildman–Crippen LogP) is 5.10. The highest BCUT2D eigenvalue weighted by Crippen LogP contribution is 2.25. The maximum atomic E-state index is 13.3. The molecule has 0 spiro atoms. The van der Waals surface area contributed by atoms with Gasteiger partial charge in [-0.25, -0.2) is 8.78 Å². The van der Waals surface area contributed by atoms with Crippen molar-refractivity contribution in [2.24, 2.45) is 0 Å². The van der Waals surface area contributed by atoms with Crippen LogP contribution in [0.3, 0.4) is 0 Å². The molecule has 0 aliphatic carbocycles. The van der Waals surface area contributed by atoms with E-state index in [1.54, 1.807) is 12.1 Å². The summed E-state index contributed by atoms with van der Waals surface area (Å²) in [6, 6.07) is 9.24. The van der Waals surface area contributed by atoms with E-state index in [1.807, 2.05) is 6.07 Å². The Morgan fingerprint density at radius 2 is 1.83 bits per heavy atom. The van der Waals surface area contributed by atoms with Crippen LogP contribution in [0.25, 0.3) is 0 Å². The van der Waals surface area contributed by atoms with Crippen LogP contribution < -0.4 is 5.32 Å². The van der Waals surface area contributed by atoms with Crippen LogP contribution in [0, 0.1) is 11.6 Å². The van der Waals surface area contributed by atoms with Crippen molar-refractivity contribution in [1.29, 1.82) is 0 Å². The summed E-state index contributed by atoms with van der Waals surface area (Å²) in [5.41, 5.74) is 1.55. The topological polar surface area (TPSA) is 12.0 Å². The van der Waals surface area contributed by atoms with Gasteiger partial charge in [0.15, 0.2) is 0 Å². The number of nitrogens with one attached hydrogen (secondary N) is 1. The molecule has 0 saturated carbocycles. The minimum absolute atomic E-state index is 0.299. The standard InChI is InChI=1S/C13H9Br2F2N/c14-10-6-9(16)4-5-12(10)18-7-8-2-1-3-11(17)13(8)15/h1-6,18H,7H2. The van der Waals surface area contributed by atoms with E-state index < -0.39 is 0 Å². The first-order valence-corrected chi connectivity index (χ1v) is 6.78. The van der Waals surface area contributed by atoms with Gasteiger partial charge in [0.05, 0.1) is 4.47 Å². The minimum atomic E-state index is -0.306. The molecule has 18 heavy (non-hydrogen) atoms. The Kier molecular flexibility index (Phi) is 4.35. The summed E-state index contributed by atoms with van der Waals surface area (Å²) in [5.74, 6) is -0.605. The molecule has 94 valence electrons. The summed E-state index contributed by atoms with van der Waals surface area (Å²) in [6.07, 6.45) is 0. The summed E-state index contributed by atoms with van der Waals surface area (Å²) in [6.45, 7) is 0.447. The first kappa shape index (κ1) is 13.5. The molecular formula is C13H9Br2F2N. The van der Waals surface area contributed by atoms with E-state index >= 15 is 0 Å². The van der Waals surface area contributed by atoms with E-state index in [4.69, 9.17) is 0 Å². The lowest BCUT2D eigenvalue weighted by molar-refractivity contribution is 0.618. The Morgan fingerprint density at radius 3 is 2.56 bits per heavy atom. The maximum absolute atomic E-state index is 13.3. The Bertz CT molecular complexity index is 573. The van der Waals surface area contributed by atoms with Gasteiger partial charge in [-0.3, -0.25) is 0 Å². The third kappa shape index (κ3) is 3.09. The average Bonchev–Trinajstić information content (AvgIpc) is 2.33. The number of rotatable bonds is 3. The summed E-state index contributed by atoms with van der Waals surface area (Å²) in [7, 11) is 0. The molecular weight excluding hydrogens is 368 g/mol. The molecule has 0 atom stereocenters. The predicted molar refractivity (Wildman–Crippen MR) is 75.5 cm³/mol. The fourth-order valence-electron chi connectivity index (χ4n) is 1.51. The van der Waals surface area contributed by atoms with Crippen molar-refractivity contribution in [2.75, 3.05) is 5.32 Å². The quantitative estimate of drug-likeness (QED) is 0.785. The first-order chi connectivity index (χ1) is 8.58. The summed E-state index contributed by atoms with van der Waals surface area (Å²) >= 11 is 6.46. The van der Waals surface area contributed by atoms with Gasteiger partial charge in [-0.05, 0) is 61.7 Å². The molecule has 2 aromatic rings. The van der Waals surface area contributed by atoms with Gasteiger partial charge < -0.3 is 5.32 Å². The van der Waals surface area contributed by atoms with Crippen molar-refractivity contribution in [1.82, 2.24) is 0 Å². The molecule has 0 aliphatic heterocycles. The maximum Gasteiger partial charge on any atom is 0.137 e. The fourth-order valence-corrected chi connectivity index (χ4v) is 2.40. The van der Waals surface area contributed by atoms with Crippen molar-refractivity contribution in [3.63, 3.8) is 0 Å². The SMILES string of the molecule is Fc1ccc(NCc2cccc(F)c2Br)c(Br)c1. The van der Waals surface area contributed by atoms with E-state index in [2.05, 4.69) is 37.2 Å². The van der Waals surface area contributed by atoms with Crippen molar-refractivity contribution in [2.45, 2.75) is 6.54 Å². The van der Waals surface area contributed by atoms with Gasteiger partial charge in [0, 0.05) is 16.7 Å². The van der Waals surface area contributed by atoms with Gasteiger partial charge in [0.2, 0.25) is 0 Å². The Hall–Kier alpha value is -0.940. The monoisotopic (exact) mass is 375 g/mol. The van der Waals surface area contributed by atoms with Crippen LogP contribution in [-0.4, -0.2) is 0 Å². The second-order valence-corrected chi connectivity index (χ2v) is 5.34. The minimum Gasteiger partial charge on any atom is -0.380 e. The van der Waals surface area contributed by atoms with Crippen LogP contribution in [0.4, 0.5) is 14.5 Å². The zero-order valence-electron chi connectivity index (χ0n) is 9.18. The lowest BCUT2D eigenvalue weighted by Crippen LogP contribution is -2.01. The van der Waals surface area contributed by atoms with Gasteiger partial charge >= 0.3 is 0 Å². The summed E-state index contributed by atoms with van der Waals surface area (Å²) in [5, 5.41) is 3.11. The third-order valence-corrected chi connectivity index (χ3v) is 3.98. The molecule has 0 aromatic heterocycles. The van der Waals surface area contributed by atoms with Crippen LogP contribution in [0.1, 0.15) is 5.56 Å². The van der Waals surface area contributed by atoms with E-state index in [0.717, 1.165) is 11.3 Å². The van der Waals surface area contributed by atoms with Crippen molar-refractivity contribution in [3.05, 3.63) is 62.5 Å². The Morgan fingerprint density at radius 1 is 1.06 bits per heavy atom. The molecule has 1 N–H and O–H groups in total. The highest BCUT2D eigenvalue weighted by atomic mass is 79.9. The lowest BCUT2D eigenvalue weighted by Gasteiger charge is -2.10. The lowest BCUT2D eigenvalue weighted by atomic mass is 10.2. The second kappa shape index (κ2) is 5.80. The van der Waals surface area contributed by atoms with E-state index in [0.29, 0.717) is 15.5 Å². The van der Waals surface area contributed by atoms with E-state index in [1.165, 1.54) is 18.2 Å². The van der Waals surface area contributed by atoms with Gasteiger partial charge in [-0.1, -0.05) is 12.1 Å². The zero-order chi connectivity index (χ0) is 13.1. The number of hydrogen-bond donors (Lipinski definition) is 1. The molecule has 0 radical (unpaired) electrons. The molecule has 1 nitrogen and oxygen atoms in total. The van der Waals surface area contributed by atoms with Gasteiger partial charge in [-0.2, -0.15) is 0 Å². The third-order valence-electron chi connectivity index (χ3n) is 2.43. The first-order valence-electron chi connectivity index (χ1n) is 5.20. The largest absolute Gasteiger partial charge is 0.380 e. The molecule has 0 saturated heterocycles. The second-order valence-electron chi connectivity index (χ2n) is 3.69. The smallest absolute Gasteiger partial charge is 0.137 e. The highest BCUT2D eigenvalue weighted by Gasteiger charge is 2.06. The van der Waals surface area contributed by atoms with Crippen LogP contribution in [-0.2, 0) is 6.54 Å². The molecule has 0 bridgehead atoms. The van der Waals surface area contributed by atoms with Crippen LogP contribution in [0.5, 0.6) is 0 Å². The molecule has 2 aromatic carbocycles. The molecule has 5 heteroatoms. The van der Waals surface area contributed by atoms with Crippen molar-refractivity contribution >= 4 is 37.5 Å². The van der Waals surface area contributed by atoms with Crippen LogP contribution in [0.15, 0.2) is 45.3 Å². The normalized spacial score (nSPS) is 10.4. The molecule has 0 unspecified atom stereocenters. The van der Waals surface area contributed by atoms with Crippen molar-refractivity contribution in [3.8, 4) is 0 Å². The molecule has 0 aliphatic rings. The zero-order valence-corrected chi connectivity index (χ0v) is 12.4. The summed E-state index contributed by atoms with van der Waals surface area (Å²) < 4.78 is 27.3. The van der Waals surface area contributed by atoms with Crippen molar-refractivity contribution < 1.29 is 8.78 Å².